The molecule has 7 heteroatoms. The van der Waals surface area contributed by atoms with Gasteiger partial charge < -0.3 is 4.57 Å². The van der Waals surface area contributed by atoms with Crippen LogP contribution in [0.15, 0.2) is 24.5 Å². The molecular formula is C18H21Cl2N5. The van der Waals surface area contributed by atoms with Crippen molar-refractivity contribution < 1.29 is 0 Å². The van der Waals surface area contributed by atoms with E-state index < -0.39 is 0 Å². The van der Waals surface area contributed by atoms with Gasteiger partial charge in [0.05, 0.1) is 0 Å². The third-order valence-corrected chi connectivity index (χ3v) is 4.79. The van der Waals surface area contributed by atoms with E-state index in [0.29, 0.717) is 11.7 Å². The normalized spacial score (nSPS) is 12.6. The summed E-state index contributed by atoms with van der Waals surface area (Å²) in [5.41, 5.74) is 1.81. The summed E-state index contributed by atoms with van der Waals surface area (Å²) in [6.45, 7) is 5.40. The molecule has 3 aromatic rings. The van der Waals surface area contributed by atoms with E-state index in [1.54, 1.807) is 0 Å². The van der Waals surface area contributed by atoms with Gasteiger partial charge in [-0.05, 0) is 47.7 Å². The molecule has 0 saturated heterocycles. The van der Waals surface area contributed by atoms with E-state index in [-0.39, 0.29) is 10.6 Å². The van der Waals surface area contributed by atoms with Gasteiger partial charge in [0.15, 0.2) is 5.82 Å². The lowest BCUT2D eigenvalue weighted by Crippen LogP contribution is -2.09. The Morgan fingerprint density at radius 2 is 1.88 bits per heavy atom. The molecular weight excluding hydrogens is 357 g/mol. The number of rotatable bonds is 7. The molecule has 0 spiro atoms. The number of aromatic nitrogens is 5. The second-order valence-electron chi connectivity index (χ2n) is 6.18. The standard InChI is InChI=1S/C18H21Cl2N5/c1-3-5-7-12(4-2)10-25-11-14(13-8-6-9-21-16(13)25)15-22-17(19)24-18(20)23-15/h6,8-9,11-12H,3-5,7,10H2,1-2H3. The minimum Gasteiger partial charge on any atom is -0.331 e. The van der Waals surface area contributed by atoms with Crippen LogP contribution in [0.4, 0.5) is 0 Å². The number of nitrogens with zero attached hydrogens (tertiary/aromatic N) is 5. The number of hydrogen-bond donors (Lipinski definition) is 0. The lowest BCUT2D eigenvalue weighted by molar-refractivity contribution is 0.395. The van der Waals surface area contributed by atoms with Gasteiger partial charge >= 0.3 is 0 Å². The Balaban J connectivity index is 2.03. The number of pyridine rings is 1. The summed E-state index contributed by atoms with van der Waals surface area (Å²) >= 11 is 11.9. The molecule has 0 bridgehead atoms. The summed E-state index contributed by atoms with van der Waals surface area (Å²) in [6.07, 6.45) is 8.69. The van der Waals surface area contributed by atoms with Crippen molar-refractivity contribution in [3.63, 3.8) is 0 Å². The van der Waals surface area contributed by atoms with Crippen LogP contribution in [0.5, 0.6) is 0 Å². The third-order valence-electron chi connectivity index (χ3n) is 4.45. The molecule has 1 atom stereocenters. The first kappa shape index (κ1) is 18.1. The number of unbranched alkanes of at least 4 members (excludes halogenated alkanes) is 1. The van der Waals surface area contributed by atoms with E-state index in [1.165, 1.54) is 19.3 Å². The molecule has 0 amide bonds. The Morgan fingerprint density at radius 1 is 1.12 bits per heavy atom. The SMILES string of the molecule is CCCCC(CC)Cn1cc(-c2nc(Cl)nc(Cl)n2)c2cccnc21. The monoisotopic (exact) mass is 377 g/mol. The molecule has 25 heavy (non-hydrogen) atoms. The van der Waals surface area contributed by atoms with Crippen LogP contribution in [-0.2, 0) is 6.54 Å². The van der Waals surface area contributed by atoms with Gasteiger partial charge in [0.2, 0.25) is 10.6 Å². The highest BCUT2D eigenvalue weighted by atomic mass is 35.5. The van der Waals surface area contributed by atoms with E-state index in [0.717, 1.165) is 29.6 Å². The molecule has 1 unspecified atom stereocenters. The Hall–Kier alpha value is -1.72. The number of hydrogen-bond acceptors (Lipinski definition) is 4. The van der Waals surface area contributed by atoms with E-state index in [1.807, 2.05) is 24.5 Å². The van der Waals surface area contributed by atoms with Gasteiger partial charge in [0, 0.05) is 29.9 Å². The van der Waals surface area contributed by atoms with Crippen LogP contribution in [0, 0.1) is 5.92 Å². The Kier molecular flexibility index (Phi) is 5.86. The minimum absolute atomic E-state index is 0.0918. The predicted octanol–water partition coefficient (Wildman–Crippen LogP) is 5.41. The van der Waals surface area contributed by atoms with Crippen LogP contribution in [0.25, 0.3) is 22.4 Å². The predicted molar refractivity (Wildman–Crippen MR) is 102 cm³/mol. The van der Waals surface area contributed by atoms with Crippen molar-refractivity contribution in [3.05, 3.63) is 35.1 Å². The Bertz CT molecular complexity index is 842. The number of halogens is 2. The summed E-state index contributed by atoms with van der Waals surface area (Å²) in [5, 5.41) is 1.18. The molecule has 0 aliphatic rings. The molecule has 5 nitrogen and oxygen atoms in total. The fraction of sp³-hybridized carbons (Fsp3) is 0.444. The van der Waals surface area contributed by atoms with Crippen molar-refractivity contribution in [3.8, 4) is 11.4 Å². The van der Waals surface area contributed by atoms with Crippen molar-refractivity contribution in [2.24, 2.45) is 5.92 Å². The van der Waals surface area contributed by atoms with Gasteiger partial charge in [-0.2, -0.15) is 15.0 Å². The van der Waals surface area contributed by atoms with Gasteiger partial charge in [0.1, 0.15) is 5.65 Å². The summed E-state index contributed by atoms with van der Waals surface area (Å²) in [6, 6.07) is 3.93. The second kappa shape index (κ2) is 8.11. The highest BCUT2D eigenvalue weighted by Gasteiger charge is 2.17. The molecule has 3 rings (SSSR count). The lowest BCUT2D eigenvalue weighted by atomic mass is 9.99. The van der Waals surface area contributed by atoms with Gasteiger partial charge in [-0.15, -0.1) is 0 Å². The zero-order valence-corrected chi connectivity index (χ0v) is 15.9. The van der Waals surface area contributed by atoms with Crippen LogP contribution >= 0.6 is 23.2 Å². The molecule has 3 heterocycles. The maximum Gasteiger partial charge on any atom is 0.227 e. The van der Waals surface area contributed by atoms with Crippen LogP contribution in [0.3, 0.4) is 0 Å². The second-order valence-corrected chi connectivity index (χ2v) is 6.86. The third kappa shape index (κ3) is 4.10. The lowest BCUT2D eigenvalue weighted by Gasteiger charge is -2.15. The van der Waals surface area contributed by atoms with Crippen molar-refractivity contribution in [1.82, 2.24) is 24.5 Å². The first-order valence-electron chi connectivity index (χ1n) is 8.63. The Morgan fingerprint density at radius 3 is 2.56 bits per heavy atom. The van der Waals surface area contributed by atoms with Crippen LogP contribution < -0.4 is 0 Å². The fourth-order valence-corrected chi connectivity index (χ4v) is 3.45. The van der Waals surface area contributed by atoms with Gasteiger partial charge in [-0.25, -0.2) is 4.98 Å². The smallest absolute Gasteiger partial charge is 0.227 e. The Labute approximate surface area is 157 Å². The molecule has 0 radical (unpaired) electrons. The summed E-state index contributed by atoms with van der Waals surface area (Å²) in [7, 11) is 0. The first-order valence-corrected chi connectivity index (χ1v) is 9.39. The summed E-state index contributed by atoms with van der Waals surface area (Å²) in [5.74, 6) is 1.10. The molecule has 0 saturated carbocycles. The van der Waals surface area contributed by atoms with E-state index in [2.05, 4.69) is 38.4 Å². The zero-order valence-electron chi connectivity index (χ0n) is 14.4. The molecule has 0 N–H and O–H groups in total. The van der Waals surface area contributed by atoms with Crippen molar-refractivity contribution in [2.45, 2.75) is 46.1 Å². The van der Waals surface area contributed by atoms with Crippen molar-refractivity contribution in [2.75, 3.05) is 0 Å². The molecule has 0 fully saturated rings. The van der Waals surface area contributed by atoms with Crippen molar-refractivity contribution >= 4 is 34.2 Å². The molecule has 0 aliphatic heterocycles. The van der Waals surface area contributed by atoms with E-state index >= 15 is 0 Å². The van der Waals surface area contributed by atoms with Gasteiger partial charge in [0.25, 0.3) is 0 Å². The van der Waals surface area contributed by atoms with Gasteiger partial charge in [-0.3, -0.25) is 0 Å². The maximum atomic E-state index is 5.95. The highest BCUT2D eigenvalue weighted by molar-refractivity contribution is 6.31. The maximum absolute atomic E-state index is 5.95. The largest absolute Gasteiger partial charge is 0.331 e. The van der Waals surface area contributed by atoms with Crippen LogP contribution in [0.2, 0.25) is 10.6 Å². The summed E-state index contributed by atoms with van der Waals surface area (Å²) in [4.78, 5) is 16.9. The quantitative estimate of drug-likeness (QED) is 0.552. The zero-order chi connectivity index (χ0) is 17.8. The molecule has 0 aromatic carbocycles. The van der Waals surface area contributed by atoms with E-state index in [4.69, 9.17) is 23.2 Å². The molecule has 0 aliphatic carbocycles. The van der Waals surface area contributed by atoms with Crippen molar-refractivity contribution in [1.29, 1.82) is 0 Å². The summed E-state index contributed by atoms with van der Waals surface area (Å²) < 4.78 is 2.19. The molecule has 3 aromatic heterocycles. The average Bonchev–Trinajstić information content (AvgIpc) is 2.96. The minimum atomic E-state index is 0.0918. The highest BCUT2D eigenvalue weighted by Crippen LogP contribution is 2.29. The van der Waals surface area contributed by atoms with Crippen LogP contribution in [-0.4, -0.2) is 24.5 Å². The first-order chi connectivity index (χ1) is 12.1. The van der Waals surface area contributed by atoms with E-state index in [9.17, 15) is 0 Å². The number of fused-ring (bicyclic) bond motifs is 1. The van der Waals surface area contributed by atoms with Gasteiger partial charge in [-0.1, -0.05) is 33.1 Å². The topological polar surface area (TPSA) is 56.5 Å². The fourth-order valence-electron chi connectivity index (χ4n) is 3.08. The van der Waals surface area contributed by atoms with Crippen LogP contribution in [0.1, 0.15) is 39.5 Å². The average molecular weight is 378 g/mol. The molecule has 132 valence electrons.